The lowest BCUT2D eigenvalue weighted by Crippen LogP contribution is -2.51. The van der Waals surface area contributed by atoms with E-state index in [0.29, 0.717) is 6.54 Å². The molecular formula is C15H27N3. The predicted molar refractivity (Wildman–Crippen MR) is 77.3 cm³/mol. The molecule has 102 valence electrons. The van der Waals surface area contributed by atoms with Crippen molar-refractivity contribution in [2.75, 3.05) is 13.6 Å². The highest BCUT2D eigenvalue weighted by atomic mass is 15.2. The van der Waals surface area contributed by atoms with E-state index in [4.69, 9.17) is 5.73 Å². The Kier molecular flexibility index (Phi) is 6.30. The largest absolute Gasteiger partial charge is 0.329 e. The Morgan fingerprint density at radius 3 is 2.61 bits per heavy atom. The molecule has 0 aromatic carbocycles. The zero-order valence-electron chi connectivity index (χ0n) is 12.0. The molecule has 0 radical (unpaired) electrons. The average Bonchev–Trinajstić information content (AvgIpc) is 2.42. The van der Waals surface area contributed by atoms with Crippen LogP contribution < -0.4 is 5.73 Å². The molecule has 1 aromatic heterocycles. The van der Waals surface area contributed by atoms with Crippen molar-refractivity contribution in [3.05, 3.63) is 30.1 Å². The van der Waals surface area contributed by atoms with Gasteiger partial charge in [0, 0.05) is 24.8 Å². The third kappa shape index (κ3) is 3.79. The summed E-state index contributed by atoms with van der Waals surface area (Å²) >= 11 is 0. The van der Waals surface area contributed by atoms with E-state index < -0.39 is 0 Å². The first-order chi connectivity index (χ1) is 8.68. The van der Waals surface area contributed by atoms with Gasteiger partial charge in [-0.1, -0.05) is 32.8 Å². The Balaban J connectivity index is 2.72. The van der Waals surface area contributed by atoms with E-state index in [2.05, 4.69) is 36.8 Å². The van der Waals surface area contributed by atoms with E-state index in [1.807, 2.05) is 18.3 Å². The Bertz CT molecular complexity index is 320. The van der Waals surface area contributed by atoms with Gasteiger partial charge < -0.3 is 5.73 Å². The molecule has 0 fully saturated rings. The SMILES string of the molecule is CCCCC(CC)(CN)N(C)Cc1ccccn1. The third-order valence-corrected chi connectivity index (χ3v) is 3.97. The molecular weight excluding hydrogens is 222 g/mol. The van der Waals surface area contributed by atoms with E-state index in [1.54, 1.807) is 0 Å². The average molecular weight is 249 g/mol. The van der Waals surface area contributed by atoms with Crippen molar-refractivity contribution >= 4 is 0 Å². The minimum absolute atomic E-state index is 0.119. The molecule has 18 heavy (non-hydrogen) atoms. The number of nitrogens with two attached hydrogens (primary N) is 1. The lowest BCUT2D eigenvalue weighted by molar-refractivity contribution is 0.0986. The molecule has 0 aliphatic heterocycles. The van der Waals surface area contributed by atoms with Crippen LogP contribution in [0.2, 0.25) is 0 Å². The molecule has 0 spiro atoms. The van der Waals surface area contributed by atoms with Crippen molar-refractivity contribution in [2.24, 2.45) is 5.73 Å². The van der Waals surface area contributed by atoms with E-state index in [-0.39, 0.29) is 5.54 Å². The lowest BCUT2D eigenvalue weighted by Gasteiger charge is -2.40. The highest BCUT2D eigenvalue weighted by Crippen LogP contribution is 2.25. The van der Waals surface area contributed by atoms with Gasteiger partial charge in [-0.15, -0.1) is 0 Å². The Morgan fingerprint density at radius 1 is 1.33 bits per heavy atom. The fourth-order valence-corrected chi connectivity index (χ4v) is 2.45. The predicted octanol–water partition coefficient (Wildman–Crippen LogP) is 2.81. The van der Waals surface area contributed by atoms with Gasteiger partial charge in [0.1, 0.15) is 0 Å². The maximum Gasteiger partial charge on any atom is 0.0544 e. The number of aromatic nitrogens is 1. The number of hydrogen-bond acceptors (Lipinski definition) is 3. The van der Waals surface area contributed by atoms with Crippen LogP contribution >= 0.6 is 0 Å². The minimum Gasteiger partial charge on any atom is -0.329 e. The molecule has 2 N–H and O–H groups in total. The topological polar surface area (TPSA) is 42.1 Å². The maximum atomic E-state index is 6.05. The first-order valence-corrected chi connectivity index (χ1v) is 6.99. The first kappa shape index (κ1) is 15.1. The van der Waals surface area contributed by atoms with Gasteiger partial charge in [0.2, 0.25) is 0 Å². The second-order valence-electron chi connectivity index (χ2n) is 5.06. The third-order valence-electron chi connectivity index (χ3n) is 3.97. The van der Waals surface area contributed by atoms with Crippen LogP contribution in [0.1, 0.15) is 45.2 Å². The van der Waals surface area contributed by atoms with Crippen molar-refractivity contribution in [1.29, 1.82) is 0 Å². The molecule has 3 nitrogen and oxygen atoms in total. The van der Waals surface area contributed by atoms with Crippen LogP contribution in [0, 0.1) is 0 Å². The Labute approximate surface area is 111 Å². The van der Waals surface area contributed by atoms with Gasteiger partial charge in [-0.25, -0.2) is 0 Å². The van der Waals surface area contributed by atoms with Crippen LogP contribution in [0.5, 0.6) is 0 Å². The van der Waals surface area contributed by atoms with E-state index >= 15 is 0 Å². The quantitative estimate of drug-likeness (QED) is 0.770. The van der Waals surface area contributed by atoms with Crippen LogP contribution in [-0.2, 0) is 6.54 Å². The zero-order valence-corrected chi connectivity index (χ0v) is 12.0. The smallest absolute Gasteiger partial charge is 0.0544 e. The van der Waals surface area contributed by atoms with E-state index in [9.17, 15) is 0 Å². The number of likely N-dealkylation sites (N-methyl/N-ethyl adjacent to an activating group) is 1. The molecule has 1 rings (SSSR count). The molecule has 1 heterocycles. The molecule has 0 amide bonds. The first-order valence-electron chi connectivity index (χ1n) is 6.99. The molecule has 0 saturated carbocycles. The van der Waals surface area contributed by atoms with Crippen LogP contribution in [0.25, 0.3) is 0 Å². The number of unbranched alkanes of at least 4 members (excludes halogenated alkanes) is 1. The molecule has 1 atom stereocenters. The van der Waals surface area contributed by atoms with Gasteiger partial charge >= 0.3 is 0 Å². The van der Waals surface area contributed by atoms with Crippen molar-refractivity contribution in [3.63, 3.8) is 0 Å². The lowest BCUT2D eigenvalue weighted by atomic mass is 9.88. The van der Waals surface area contributed by atoms with E-state index in [1.165, 1.54) is 19.3 Å². The summed E-state index contributed by atoms with van der Waals surface area (Å²) in [6, 6.07) is 6.07. The summed E-state index contributed by atoms with van der Waals surface area (Å²) < 4.78 is 0. The molecule has 1 aromatic rings. The fourth-order valence-electron chi connectivity index (χ4n) is 2.45. The molecule has 1 unspecified atom stereocenters. The maximum absolute atomic E-state index is 6.05. The van der Waals surface area contributed by atoms with Crippen LogP contribution in [0.4, 0.5) is 0 Å². The summed E-state index contributed by atoms with van der Waals surface area (Å²) in [5.41, 5.74) is 7.28. The van der Waals surface area contributed by atoms with Gasteiger partial charge in [0.15, 0.2) is 0 Å². The van der Waals surface area contributed by atoms with Crippen LogP contribution in [0.15, 0.2) is 24.4 Å². The summed E-state index contributed by atoms with van der Waals surface area (Å²) in [5.74, 6) is 0. The van der Waals surface area contributed by atoms with Crippen LogP contribution in [0.3, 0.4) is 0 Å². The number of nitrogens with zero attached hydrogens (tertiary/aromatic N) is 2. The second kappa shape index (κ2) is 7.49. The Morgan fingerprint density at radius 2 is 2.11 bits per heavy atom. The zero-order chi connectivity index (χ0) is 13.4. The summed E-state index contributed by atoms with van der Waals surface area (Å²) in [4.78, 5) is 6.78. The molecule has 0 saturated heterocycles. The highest BCUT2D eigenvalue weighted by Gasteiger charge is 2.30. The normalized spacial score (nSPS) is 14.7. The summed E-state index contributed by atoms with van der Waals surface area (Å²) in [5, 5.41) is 0. The van der Waals surface area contributed by atoms with Gasteiger partial charge in [-0.2, -0.15) is 0 Å². The van der Waals surface area contributed by atoms with E-state index in [0.717, 1.165) is 18.7 Å². The summed E-state index contributed by atoms with van der Waals surface area (Å²) in [6.07, 6.45) is 6.56. The minimum atomic E-state index is 0.119. The van der Waals surface area contributed by atoms with Crippen molar-refractivity contribution < 1.29 is 0 Å². The monoisotopic (exact) mass is 249 g/mol. The van der Waals surface area contributed by atoms with Crippen LogP contribution in [-0.4, -0.2) is 29.0 Å². The molecule has 3 heteroatoms. The molecule has 0 aliphatic rings. The van der Waals surface area contributed by atoms with Crippen molar-refractivity contribution in [2.45, 2.75) is 51.6 Å². The second-order valence-corrected chi connectivity index (χ2v) is 5.06. The molecule has 0 bridgehead atoms. The number of pyridine rings is 1. The van der Waals surface area contributed by atoms with Gasteiger partial charge in [0.05, 0.1) is 5.69 Å². The highest BCUT2D eigenvalue weighted by molar-refractivity contribution is 5.04. The summed E-state index contributed by atoms with van der Waals surface area (Å²) in [7, 11) is 2.17. The van der Waals surface area contributed by atoms with Gasteiger partial charge in [-0.3, -0.25) is 9.88 Å². The fraction of sp³-hybridized carbons (Fsp3) is 0.667. The van der Waals surface area contributed by atoms with Gasteiger partial charge in [0.25, 0.3) is 0 Å². The number of rotatable bonds is 8. The van der Waals surface area contributed by atoms with Crippen molar-refractivity contribution in [3.8, 4) is 0 Å². The van der Waals surface area contributed by atoms with Crippen molar-refractivity contribution in [1.82, 2.24) is 9.88 Å². The standard InChI is InChI=1S/C15H27N3/c1-4-6-10-15(5-2,13-16)18(3)12-14-9-7-8-11-17-14/h7-9,11H,4-6,10,12-13,16H2,1-3H3. The van der Waals surface area contributed by atoms with Gasteiger partial charge in [-0.05, 0) is 32.0 Å². The summed E-state index contributed by atoms with van der Waals surface area (Å²) in [6.45, 7) is 6.05. The molecule has 0 aliphatic carbocycles. The Hall–Kier alpha value is -0.930. The number of hydrogen-bond donors (Lipinski definition) is 1.